The van der Waals surface area contributed by atoms with Gasteiger partial charge in [-0.2, -0.15) is 0 Å². The number of hydrogen-bond donors (Lipinski definition) is 1. The minimum atomic E-state index is -0.178. The van der Waals surface area contributed by atoms with Gasteiger partial charge in [-0.15, -0.1) is 0 Å². The van der Waals surface area contributed by atoms with E-state index in [-0.39, 0.29) is 23.8 Å². The number of carbonyl (C=O) groups is 1. The van der Waals surface area contributed by atoms with Gasteiger partial charge in [0.25, 0.3) is 5.91 Å². The van der Waals surface area contributed by atoms with E-state index in [0.717, 1.165) is 13.1 Å². The minimum Gasteiger partial charge on any atom is -0.399 e. The predicted octanol–water partition coefficient (Wildman–Crippen LogP) is 3.32. The number of anilines is 1. The van der Waals surface area contributed by atoms with Crippen LogP contribution in [0.15, 0.2) is 48.5 Å². The second-order valence-electron chi connectivity index (χ2n) is 6.66. The van der Waals surface area contributed by atoms with Crippen LogP contribution in [0, 0.1) is 5.82 Å². The Morgan fingerprint density at radius 2 is 1.84 bits per heavy atom. The molecule has 1 heterocycles. The van der Waals surface area contributed by atoms with Gasteiger partial charge in [-0.1, -0.05) is 18.2 Å². The Bertz CT molecular complexity index is 747. The maximum absolute atomic E-state index is 14.0. The van der Waals surface area contributed by atoms with E-state index in [9.17, 15) is 9.18 Å². The lowest BCUT2D eigenvalue weighted by Crippen LogP contribution is -2.54. The maximum Gasteiger partial charge on any atom is 0.254 e. The van der Waals surface area contributed by atoms with Crippen molar-refractivity contribution in [3.8, 4) is 0 Å². The summed E-state index contributed by atoms with van der Waals surface area (Å²) >= 11 is 0. The maximum atomic E-state index is 14.0. The van der Waals surface area contributed by atoms with Crippen molar-refractivity contribution in [3.05, 3.63) is 65.5 Å². The fourth-order valence-electron chi connectivity index (χ4n) is 3.44. The molecule has 2 atom stereocenters. The molecule has 2 N–H and O–H groups in total. The number of nitrogens with zero attached hydrogens (tertiary/aromatic N) is 2. The zero-order valence-electron chi connectivity index (χ0n) is 14.7. The van der Waals surface area contributed by atoms with Crippen LogP contribution in [0.5, 0.6) is 0 Å². The number of piperazine rings is 1. The average Bonchev–Trinajstić information content (AvgIpc) is 2.61. The molecule has 5 heteroatoms. The molecule has 1 amide bonds. The Morgan fingerprint density at radius 1 is 1.16 bits per heavy atom. The van der Waals surface area contributed by atoms with Gasteiger partial charge >= 0.3 is 0 Å². The molecule has 1 aliphatic rings. The second-order valence-corrected chi connectivity index (χ2v) is 6.66. The van der Waals surface area contributed by atoms with Gasteiger partial charge in [0.15, 0.2) is 0 Å². The van der Waals surface area contributed by atoms with E-state index in [4.69, 9.17) is 5.73 Å². The Hall–Kier alpha value is -2.40. The first-order chi connectivity index (χ1) is 12.0. The molecule has 25 heavy (non-hydrogen) atoms. The Morgan fingerprint density at radius 3 is 2.48 bits per heavy atom. The highest BCUT2D eigenvalue weighted by atomic mass is 19.1. The van der Waals surface area contributed by atoms with Crippen LogP contribution in [0.1, 0.15) is 35.8 Å². The quantitative estimate of drug-likeness (QED) is 0.872. The summed E-state index contributed by atoms with van der Waals surface area (Å²) in [7, 11) is 0. The molecule has 2 aromatic carbocycles. The van der Waals surface area contributed by atoms with Crippen LogP contribution in [-0.4, -0.2) is 41.4 Å². The second kappa shape index (κ2) is 7.23. The lowest BCUT2D eigenvalue weighted by atomic mass is 10.0. The first-order valence-electron chi connectivity index (χ1n) is 8.62. The third-order valence-electron chi connectivity index (χ3n) is 4.98. The molecule has 132 valence electrons. The number of rotatable bonds is 3. The topological polar surface area (TPSA) is 49.6 Å². The molecule has 0 bridgehead atoms. The number of amides is 1. The molecule has 1 aliphatic heterocycles. The van der Waals surface area contributed by atoms with Crippen LogP contribution in [0.4, 0.5) is 10.1 Å². The van der Waals surface area contributed by atoms with Crippen molar-refractivity contribution >= 4 is 11.6 Å². The van der Waals surface area contributed by atoms with Crippen LogP contribution in [0.25, 0.3) is 0 Å². The van der Waals surface area contributed by atoms with Crippen molar-refractivity contribution in [3.63, 3.8) is 0 Å². The molecule has 4 nitrogen and oxygen atoms in total. The molecule has 0 saturated carbocycles. The first-order valence-corrected chi connectivity index (χ1v) is 8.62. The smallest absolute Gasteiger partial charge is 0.254 e. The van der Waals surface area contributed by atoms with Crippen molar-refractivity contribution in [2.75, 3.05) is 25.4 Å². The minimum absolute atomic E-state index is 0.0163. The Balaban J connectivity index is 1.69. The van der Waals surface area contributed by atoms with Crippen LogP contribution in [-0.2, 0) is 0 Å². The van der Waals surface area contributed by atoms with Gasteiger partial charge in [0.2, 0.25) is 0 Å². The fourth-order valence-corrected chi connectivity index (χ4v) is 3.44. The molecule has 1 fully saturated rings. The largest absolute Gasteiger partial charge is 0.399 e. The third-order valence-corrected chi connectivity index (χ3v) is 4.98. The number of nitrogen functional groups attached to an aromatic ring is 1. The summed E-state index contributed by atoms with van der Waals surface area (Å²) < 4.78 is 14.0. The lowest BCUT2D eigenvalue weighted by Gasteiger charge is -2.42. The summed E-state index contributed by atoms with van der Waals surface area (Å²) in [5.74, 6) is -0.159. The van der Waals surface area contributed by atoms with E-state index in [0.29, 0.717) is 23.4 Å². The van der Waals surface area contributed by atoms with Crippen molar-refractivity contribution < 1.29 is 9.18 Å². The highest BCUT2D eigenvalue weighted by Gasteiger charge is 2.31. The summed E-state index contributed by atoms with van der Waals surface area (Å²) in [6.07, 6.45) is 0. The zero-order valence-corrected chi connectivity index (χ0v) is 14.7. The Labute approximate surface area is 148 Å². The number of carbonyl (C=O) groups excluding carboxylic acids is 1. The molecule has 0 aliphatic carbocycles. The van der Waals surface area contributed by atoms with Gasteiger partial charge in [-0.25, -0.2) is 4.39 Å². The molecular weight excluding hydrogens is 317 g/mol. The van der Waals surface area contributed by atoms with E-state index in [2.05, 4.69) is 4.90 Å². The molecule has 2 aromatic rings. The van der Waals surface area contributed by atoms with Crippen LogP contribution in [0.3, 0.4) is 0 Å². The normalized spacial score (nSPS) is 19.6. The van der Waals surface area contributed by atoms with Crippen molar-refractivity contribution in [1.29, 1.82) is 0 Å². The SMILES string of the molecule is CC(c1ccccc1F)N1CCN(C(=O)c2ccc(N)cc2)C(C)C1. The van der Waals surface area contributed by atoms with Crippen molar-refractivity contribution in [2.24, 2.45) is 0 Å². The van der Waals surface area contributed by atoms with Crippen LogP contribution >= 0.6 is 0 Å². The van der Waals surface area contributed by atoms with Gasteiger partial charge in [0, 0.05) is 48.5 Å². The molecule has 2 unspecified atom stereocenters. The predicted molar refractivity (Wildman–Crippen MR) is 97.7 cm³/mol. The average molecular weight is 341 g/mol. The molecule has 3 rings (SSSR count). The van der Waals surface area contributed by atoms with Gasteiger partial charge in [0.1, 0.15) is 5.82 Å². The van der Waals surface area contributed by atoms with E-state index >= 15 is 0 Å². The summed E-state index contributed by atoms with van der Waals surface area (Å²) in [6.45, 7) is 6.12. The monoisotopic (exact) mass is 341 g/mol. The molecule has 0 radical (unpaired) electrons. The third kappa shape index (κ3) is 3.66. The highest BCUT2D eigenvalue weighted by Crippen LogP contribution is 2.26. The lowest BCUT2D eigenvalue weighted by molar-refractivity contribution is 0.0402. The van der Waals surface area contributed by atoms with Crippen molar-refractivity contribution in [1.82, 2.24) is 9.80 Å². The number of nitrogens with two attached hydrogens (primary N) is 1. The highest BCUT2D eigenvalue weighted by molar-refractivity contribution is 5.94. The van der Waals surface area contributed by atoms with Crippen LogP contribution in [0.2, 0.25) is 0 Å². The van der Waals surface area contributed by atoms with E-state index in [1.807, 2.05) is 30.9 Å². The standard InChI is InChI=1S/C20H24FN3O/c1-14-13-23(15(2)18-5-3-4-6-19(18)21)11-12-24(14)20(25)16-7-9-17(22)10-8-16/h3-10,14-15H,11-13,22H2,1-2H3. The summed E-state index contributed by atoms with van der Waals surface area (Å²) in [5, 5.41) is 0. The molecule has 0 aromatic heterocycles. The summed E-state index contributed by atoms with van der Waals surface area (Å²) in [5.41, 5.74) is 7.69. The fraction of sp³-hybridized carbons (Fsp3) is 0.350. The van der Waals surface area contributed by atoms with E-state index in [1.165, 1.54) is 6.07 Å². The summed E-state index contributed by atoms with van der Waals surface area (Å²) in [4.78, 5) is 16.8. The van der Waals surface area contributed by atoms with E-state index in [1.54, 1.807) is 30.3 Å². The number of hydrogen-bond acceptors (Lipinski definition) is 3. The van der Waals surface area contributed by atoms with Crippen LogP contribution < -0.4 is 5.73 Å². The van der Waals surface area contributed by atoms with Gasteiger partial charge < -0.3 is 10.6 Å². The zero-order chi connectivity index (χ0) is 18.0. The van der Waals surface area contributed by atoms with E-state index < -0.39 is 0 Å². The molecule has 1 saturated heterocycles. The van der Waals surface area contributed by atoms with Crippen molar-refractivity contribution in [2.45, 2.75) is 25.9 Å². The Kier molecular flexibility index (Phi) is 5.04. The van der Waals surface area contributed by atoms with Gasteiger partial charge in [-0.3, -0.25) is 9.69 Å². The molecule has 0 spiro atoms. The number of halogens is 1. The van der Waals surface area contributed by atoms with Gasteiger partial charge in [-0.05, 0) is 44.2 Å². The van der Waals surface area contributed by atoms with Gasteiger partial charge in [0.05, 0.1) is 0 Å². The summed E-state index contributed by atoms with van der Waals surface area (Å²) in [6, 6.07) is 14.0. The first kappa shape index (κ1) is 17.4. The molecular formula is C20H24FN3O. The number of benzene rings is 2.